The molecule has 0 spiro atoms. The van der Waals surface area contributed by atoms with Crippen molar-refractivity contribution in [2.75, 3.05) is 5.32 Å². The van der Waals surface area contributed by atoms with E-state index >= 15 is 0 Å². The van der Waals surface area contributed by atoms with E-state index in [1.54, 1.807) is 18.6 Å². The maximum Gasteiger partial charge on any atom is 0.275 e. The van der Waals surface area contributed by atoms with Gasteiger partial charge in [-0.3, -0.25) is 14.3 Å². The Morgan fingerprint density at radius 3 is 2.67 bits per heavy atom. The van der Waals surface area contributed by atoms with Gasteiger partial charge >= 0.3 is 0 Å². The number of hydrogen-bond donors (Lipinski definition) is 1. The number of pyridine rings is 1. The van der Waals surface area contributed by atoms with E-state index in [2.05, 4.69) is 25.3 Å². The van der Waals surface area contributed by atoms with Gasteiger partial charge in [0, 0.05) is 12.4 Å². The first kappa shape index (κ1) is 14.0. The van der Waals surface area contributed by atoms with Gasteiger partial charge in [0.25, 0.3) is 5.91 Å². The minimum absolute atomic E-state index is 0.252. The number of nitrogens with zero attached hydrogens (tertiary/aromatic N) is 5. The molecular formula is C17H12N6O. The van der Waals surface area contributed by atoms with Crippen LogP contribution in [0.1, 0.15) is 10.5 Å². The molecule has 0 saturated carbocycles. The van der Waals surface area contributed by atoms with Crippen molar-refractivity contribution in [2.24, 2.45) is 0 Å². The summed E-state index contributed by atoms with van der Waals surface area (Å²) in [6.45, 7) is 0. The molecule has 0 radical (unpaired) electrons. The predicted molar refractivity (Wildman–Crippen MR) is 88.9 cm³/mol. The van der Waals surface area contributed by atoms with Crippen LogP contribution >= 0.6 is 0 Å². The van der Waals surface area contributed by atoms with Gasteiger partial charge in [-0.2, -0.15) is 0 Å². The van der Waals surface area contributed by atoms with Crippen LogP contribution in [0.5, 0.6) is 0 Å². The summed E-state index contributed by atoms with van der Waals surface area (Å²) in [6.07, 6.45) is 7.72. The number of nitrogens with one attached hydrogen (secondary N) is 1. The van der Waals surface area contributed by atoms with E-state index in [1.807, 2.05) is 34.9 Å². The number of fused-ring (bicyclic) bond motifs is 1. The van der Waals surface area contributed by atoms with Crippen LogP contribution < -0.4 is 5.32 Å². The Balaban J connectivity index is 1.58. The first-order valence-electron chi connectivity index (χ1n) is 7.27. The third kappa shape index (κ3) is 2.58. The molecule has 0 unspecified atom stereocenters. The normalized spacial score (nSPS) is 10.7. The fourth-order valence-corrected chi connectivity index (χ4v) is 2.36. The van der Waals surface area contributed by atoms with E-state index < -0.39 is 0 Å². The minimum atomic E-state index is -0.328. The molecule has 0 bridgehead atoms. The summed E-state index contributed by atoms with van der Waals surface area (Å²) in [7, 11) is 0. The molecular weight excluding hydrogens is 304 g/mol. The first-order valence-corrected chi connectivity index (χ1v) is 7.27. The molecule has 4 rings (SSSR count). The monoisotopic (exact) mass is 316 g/mol. The highest BCUT2D eigenvalue weighted by atomic mass is 16.1. The van der Waals surface area contributed by atoms with Gasteiger partial charge in [-0.05, 0) is 24.3 Å². The molecule has 3 aromatic heterocycles. The van der Waals surface area contributed by atoms with Crippen molar-refractivity contribution in [3.63, 3.8) is 0 Å². The van der Waals surface area contributed by atoms with Gasteiger partial charge < -0.3 is 5.32 Å². The fourth-order valence-electron chi connectivity index (χ4n) is 2.36. The van der Waals surface area contributed by atoms with Gasteiger partial charge in [0.05, 0.1) is 29.1 Å². The number of amides is 1. The van der Waals surface area contributed by atoms with Crippen molar-refractivity contribution in [3.8, 4) is 5.82 Å². The SMILES string of the molecule is O=C(Nc1ccc(-n2cnc3ccccc32)nc1)c1cnccn1. The van der Waals surface area contributed by atoms with Crippen molar-refractivity contribution in [3.05, 3.63) is 73.2 Å². The third-order valence-electron chi connectivity index (χ3n) is 3.50. The molecule has 0 fully saturated rings. The smallest absolute Gasteiger partial charge is 0.275 e. The number of benzene rings is 1. The highest BCUT2D eigenvalue weighted by Crippen LogP contribution is 2.17. The minimum Gasteiger partial charge on any atom is -0.319 e. The van der Waals surface area contributed by atoms with Gasteiger partial charge in [-0.15, -0.1) is 0 Å². The van der Waals surface area contributed by atoms with Gasteiger partial charge in [0.2, 0.25) is 0 Å². The molecule has 0 saturated heterocycles. The summed E-state index contributed by atoms with van der Waals surface area (Å²) in [6, 6.07) is 11.4. The fraction of sp³-hybridized carbons (Fsp3) is 0. The van der Waals surface area contributed by atoms with E-state index in [-0.39, 0.29) is 11.6 Å². The van der Waals surface area contributed by atoms with Crippen molar-refractivity contribution >= 4 is 22.6 Å². The van der Waals surface area contributed by atoms with E-state index in [1.165, 1.54) is 18.6 Å². The van der Waals surface area contributed by atoms with Crippen LogP contribution in [0, 0.1) is 0 Å². The second kappa shape index (κ2) is 5.88. The Morgan fingerprint density at radius 1 is 0.958 bits per heavy atom. The number of para-hydroxylation sites is 2. The van der Waals surface area contributed by atoms with Crippen LogP contribution in [-0.4, -0.2) is 30.4 Å². The summed E-state index contributed by atoms with van der Waals surface area (Å²) in [4.78, 5) is 28.6. The Kier molecular flexibility index (Phi) is 3.43. The van der Waals surface area contributed by atoms with Crippen LogP contribution in [0.2, 0.25) is 0 Å². The van der Waals surface area contributed by atoms with Crippen LogP contribution in [0.4, 0.5) is 5.69 Å². The molecule has 7 heteroatoms. The summed E-state index contributed by atoms with van der Waals surface area (Å²) in [5.74, 6) is 0.395. The quantitative estimate of drug-likeness (QED) is 0.627. The Hall–Kier alpha value is -3.61. The molecule has 0 atom stereocenters. The molecule has 7 nitrogen and oxygen atoms in total. The van der Waals surface area contributed by atoms with E-state index in [0.717, 1.165) is 16.9 Å². The lowest BCUT2D eigenvalue weighted by atomic mass is 10.3. The number of rotatable bonds is 3. The van der Waals surface area contributed by atoms with E-state index in [4.69, 9.17) is 0 Å². The summed E-state index contributed by atoms with van der Waals surface area (Å²) in [5.41, 5.74) is 2.71. The average molecular weight is 316 g/mol. The Bertz CT molecular complexity index is 994. The lowest BCUT2D eigenvalue weighted by Crippen LogP contribution is -2.14. The third-order valence-corrected chi connectivity index (χ3v) is 3.50. The number of carbonyl (C=O) groups is 1. The van der Waals surface area contributed by atoms with Crippen molar-refractivity contribution in [1.29, 1.82) is 0 Å². The number of carbonyl (C=O) groups excluding carboxylic acids is 1. The number of anilines is 1. The summed E-state index contributed by atoms with van der Waals surface area (Å²) < 4.78 is 1.89. The maximum atomic E-state index is 12.0. The topological polar surface area (TPSA) is 85.6 Å². The maximum absolute atomic E-state index is 12.0. The van der Waals surface area contributed by atoms with Gasteiger partial charge in [-0.1, -0.05) is 12.1 Å². The van der Waals surface area contributed by atoms with Gasteiger partial charge in [-0.25, -0.2) is 15.0 Å². The number of hydrogen-bond acceptors (Lipinski definition) is 5. The van der Waals surface area contributed by atoms with E-state index in [9.17, 15) is 4.79 Å². The zero-order valence-electron chi connectivity index (χ0n) is 12.5. The van der Waals surface area contributed by atoms with Crippen LogP contribution in [-0.2, 0) is 0 Å². The van der Waals surface area contributed by atoms with Crippen molar-refractivity contribution < 1.29 is 4.79 Å². The lowest BCUT2D eigenvalue weighted by Gasteiger charge is -2.06. The Labute approximate surface area is 137 Å². The lowest BCUT2D eigenvalue weighted by molar-refractivity contribution is 0.102. The standard InChI is InChI=1S/C17H12N6O/c24-17(14-10-18-7-8-19-14)22-12-5-6-16(20-9-12)23-11-21-13-3-1-2-4-15(13)23/h1-11H,(H,22,24). The summed E-state index contributed by atoms with van der Waals surface area (Å²) in [5, 5.41) is 2.74. The molecule has 116 valence electrons. The summed E-state index contributed by atoms with van der Waals surface area (Å²) >= 11 is 0. The molecule has 0 aliphatic rings. The number of aromatic nitrogens is 5. The predicted octanol–water partition coefficient (Wildman–Crippen LogP) is 2.46. The molecule has 0 aliphatic heterocycles. The molecule has 1 amide bonds. The molecule has 24 heavy (non-hydrogen) atoms. The molecule has 4 aromatic rings. The first-order chi connectivity index (χ1) is 11.8. The molecule has 3 heterocycles. The van der Waals surface area contributed by atoms with E-state index in [0.29, 0.717) is 5.69 Å². The van der Waals surface area contributed by atoms with Crippen molar-refractivity contribution in [1.82, 2.24) is 24.5 Å². The molecule has 1 N–H and O–H groups in total. The van der Waals surface area contributed by atoms with Gasteiger partial charge in [0.1, 0.15) is 17.8 Å². The zero-order chi connectivity index (χ0) is 16.4. The second-order valence-electron chi connectivity index (χ2n) is 5.05. The molecule has 0 aliphatic carbocycles. The number of imidazole rings is 1. The highest BCUT2D eigenvalue weighted by molar-refractivity contribution is 6.02. The van der Waals surface area contributed by atoms with Crippen LogP contribution in [0.15, 0.2) is 67.5 Å². The zero-order valence-corrected chi connectivity index (χ0v) is 12.5. The average Bonchev–Trinajstić information content (AvgIpc) is 3.07. The van der Waals surface area contributed by atoms with Crippen molar-refractivity contribution in [2.45, 2.75) is 0 Å². The molecule has 1 aromatic carbocycles. The highest BCUT2D eigenvalue weighted by Gasteiger charge is 2.09. The second-order valence-corrected chi connectivity index (χ2v) is 5.05. The van der Waals surface area contributed by atoms with Gasteiger partial charge in [0.15, 0.2) is 0 Å². The largest absolute Gasteiger partial charge is 0.319 e. The van der Waals surface area contributed by atoms with Crippen LogP contribution in [0.3, 0.4) is 0 Å². The Morgan fingerprint density at radius 2 is 1.88 bits per heavy atom. The van der Waals surface area contributed by atoms with Crippen LogP contribution in [0.25, 0.3) is 16.9 Å².